The Bertz CT molecular complexity index is 1160. The lowest BCUT2D eigenvalue weighted by atomic mass is 9.93. The molecule has 3 rings (SSSR count). The number of ketones is 1. The lowest BCUT2D eigenvalue weighted by Gasteiger charge is -2.27. The Hall–Kier alpha value is -3.69. The summed E-state index contributed by atoms with van der Waals surface area (Å²) in [6.45, 7) is -1.28. The SMILES string of the molecule is O=C(Nc1ccccc1F)C(=O)N[C@@H](CC1CCCC1(F)F)C(=O)NC(CC1CCNC1=O)C(=O)COC(F)(F)F. The van der Waals surface area contributed by atoms with E-state index in [1.807, 2.05) is 10.6 Å². The lowest BCUT2D eigenvalue weighted by molar-refractivity contribution is -0.321. The van der Waals surface area contributed by atoms with Gasteiger partial charge in [0, 0.05) is 24.8 Å². The van der Waals surface area contributed by atoms with Crippen molar-refractivity contribution >= 4 is 35.1 Å². The molecule has 0 aromatic heterocycles. The van der Waals surface area contributed by atoms with Gasteiger partial charge in [0.2, 0.25) is 11.8 Å². The summed E-state index contributed by atoms with van der Waals surface area (Å²) < 4.78 is 83.8. The summed E-state index contributed by atoms with van der Waals surface area (Å²) >= 11 is 0. The number of Topliss-reactive ketones (excluding diaryl/α,β-unsaturated/α-hetero) is 1. The van der Waals surface area contributed by atoms with Crippen LogP contribution in [0.5, 0.6) is 0 Å². The van der Waals surface area contributed by atoms with E-state index in [2.05, 4.69) is 15.4 Å². The maximum Gasteiger partial charge on any atom is 0.522 e. The van der Waals surface area contributed by atoms with Crippen molar-refractivity contribution in [2.45, 2.75) is 62.9 Å². The van der Waals surface area contributed by atoms with Crippen LogP contribution >= 0.6 is 0 Å². The first kappa shape index (κ1) is 31.8. The molecule has 4 N–H and O–H groups in total. The quantitative estimate of drug-likeness (QED) is 0.229. The van der Waals surface area contributed by atoms with Gasteiger partial charge in [0.05, 0.1) is 11.7 Å². The van der Waals surface area contributed by atoms with Crippen molar-refractivity contribution in [3.63, 3.8) is 0 Å². The number of ether oxygens (including phenoxy) is 1. The minimum absolute atomic E-state index is 0.0297. The largest absolute Gasteiger partial charge is 0.522 e. The molecule has 41 heavy (non-hydrogen) atoms. The number of amides is 4. The summed E-state index contributed by atoms with van der Waals surface area (Å²) in [6, 6.07) is 1.27. The molecule has 1 aromatic rings. The number of rotatable bonds is 11. The van der Waals surface area contributed by atoms with Crippen molar-refractivity contribution in [2.24, 2.45) is 11.8 Å². The molecule has 0 radical (unpaired) electrons. The summed E-state index contributed by atoms with van der Waals surface area (Å²) in [6.07, 6.45) is -6.47. The molecule has 1 heterocycles. The number of hydrogen-bond donors (Lipinski definition) is 4. The Kier molecular flexibility index (Phi) is 10.3. The number of anilines is 1. The first-order valence-electron chi connectivity index (χ1n) is 12.7. The summed E-state index contributed by atoms with van der Waals surface area (Å²) in [5.74, 6) is -12.3. The molecule has 1 aliphatic heterocycles. The minimum Gasteiger partial charge on any atom is -0.356 e. The molecule has 1 saturated carbocycles. The summed E-state index contributed by atoms with van der Waals surface area (Å²) in [5, 5.41) is 8.60. The molecular formula is C25H28F6N4O6. The number of halogens is 6. The third kappa shape index (κ3) is 9.16. The van der Waals surface area contributed by atoms with Crippen molar-refractivity contribution in [1.29, 1.82) is 0 Å². The number of benzene rings is 1. The normalized spacial score (nSPS) is 21.5. The van der Waals surface area contributed by atoms with Gasteiger partial charge < -0.3 is 21.3 Å². The molecule has 4 atom stereocenters. The number of para-hydroxylation sites is 1. The second-order valence-electron chi connectivity index (χ2n) is 9.82. The standard InChI is InChI=1S/C25H28F6N4O6/c26-15-5-1-2-6-16(15)33-22(39)23(40)35-18(11-14-4-3-8-24(14,27)28)21(38)34-17(10-13-7-9-32-20(13)37)19(36)12-41-25(29,30)31/h1-2,5-6,13-14,17-18H,3-4,7-12H2,(H,32,37)(H,33,39)(H,34,38)(H,35,40)/t13?,14?,17?,18-/m0/s1. The Balaban J connectivity index is 1.78. The first-order chi connectivity index (χ1) is 19.2. The van der Waals surface area contributed by atoms with E-state index >= 15 is 0 Å². The van der Waals surface area contributed by atoms with E-state index in [0.717, 1.165) is 12.1 Å². The third-order valence-corrected chi connectivity index (χ3v) is 6.90. The molecule has 0 spiro atoms. The summed E-state index contributed by atoms with van der Waals surface area (Å²) in [5.41, 5.74) is -0.374. The van der Waals surface area contributed by atoms with Crippen LogP contribution in [0.1, 0.15) is 38.5 Å². The maximum atomic E-state index is 14.4. The highest BCUT2D eigenvalue weighted by Crippen LogP contribution is 2.42. The minimum atomic E-state index is -5.18. The summed E-state index contributed by atoms with van der Waals surface area (Å²) in [7, 11) is 0. The molecule has 1 aliphatic carbocycles. The number of hydrogen-bond acceptors (Lipinski definition) is 6. The fraction of sp³-hybridized carbons (Fsp3) is 0.560. The van der Waals surface area contributed by atoms with E-state index in [0.29, 0.717) is 0 Å². The molecule has 2 aliphatic rings. The van der Waals surface area contributed by atoms with E-state index in [1.165, 1.54) is 12.1 Å². The van der Waals surface area contributed by atoms with Crippen LogP contribution < -0.4 is 21.3 Å². The Morgan fingerprint density at radius 1 is 1.02 bits per heavy atom. The molecular weight excluding hydrogens is 566 g/mol. The summed E-state index contributed by atoms with van der Waals surface area (Å²) in [4.78, 5) is 62.7. The molecule has 10 nitrogen and oxygen atoms in total. The van der Waals surface area contributed by atoms with Gasteiger partial charge in [0.1, 0.15) is 18.5 Å². The van der Waals surface area contributed by atoms with Gasteiger partial charge in [-0.05, 0) is 44.2 Å². The molecule has 1 aromatic carbocycles. The Labute approximate surface area is 229 Å². The van der Waals surface area contributed by atoms with Gasteiger partial charge in [0.15, 0.2) is 5.78 Å². The molecule has 4 amide bonds. The highest BCUT2D eigenvalue weighted by molar-refractivity contribution is 6.40. The predicted molar refractivity (Wildman–Crippen MR) is 129 cm³/mol. The van der Waals surface area contributed by atoms with Crippen molar-refractivity contribution in [3.05, 3.63) is 30.1 Å². The van der Waals surface area contributed by atoms with Gasteiger partial charge in [-0.2, -0.15) is 0 Å². The molecule has 3 unspecified atom stereocenters. The molecule has 1 saturated heterocycles. The smallest absolute Gasteiger partial charge is 0.356 e. The number of carbonyl (C=O) groups excluding carboxylic acids is 5. The fourth-order valence-corrected chi connectivity index (χ4v) is 4.72. The van der Waals surface area contributed by atoms with Crippen LogP contribution in [0.25, 0.3) is 0 Å². The molecule has 2 fully saturated rings. The van der Waals surface area contributed by atoms with E-state index < -0.39 is 97.3 Å². The van der Waals surface area contributed by atoms with Gasteiger partial charge in [-0.25, -0.2) is 13.2 Å². The zero-order valence-corrected chi connectivity index (χ0v) is 21.5. The van der Waals surface area contributed by atoms with Crippen LogP contribution in [0.4, 0.5) is 32.0 Å². The van der Waals surface area contributed by atoms with E-state index in [1.54, 1.807) is 0 Å². The van der Waals surface area contributed by atoms with Gasteiger partial charge in [-0.1, -0.05) is 12.1 Å². The van der Waals surface area contributed by atoms with Crippen molar-refractivity contribution < 1.29 is 55.1 Å². The topological polar surface area (TPSA) is 143 Å². The van der Waals surface area contributed by atoms with Gasteiger partial charge in [-0.15, -0.1) is 13.2 Å². The lowest BCUT2D eigenvalue weighted by Crippen LogP contribution is -2.55. The van der Waals surface area contributed by atoms with Gasteiger partial charge in [0.25, 0.3) is 5.92 Å². The average Bonchev–Trinajstić information content (AvgIpc) is 3.45. The van der Waals surface area contributed by atoms with E-state index in [9.17, 15) is 50.3 Å². The average molecular weight is 595 g/mol. The third-order valence-electron chi connectivity index (χ3n) is 6.90. The number of carbonyl (C=O) groups is 5. The Morgan fingerprint density at radius 2 is 1.73 bits per heavy atom. The zero-order valence-electron chi connectivity index (χ0n) is 21.5. The highest BCUT2D eigenvalue weighted by Gasteiger charge is 2.46. The number of nitrogens with one attached hydrogen (secondary N) is 4. The van der Waals surface area contributed by atoms with Crippen molar-refractivity contribution in [1.82, 2.24) is 16.0 Å². The van der Waals surface area contributed by atoms with Crippen LogP contribution in [-0.2, 0) is 28.7 Å². The number of alkyl halides is 5. The van der Waals surface area contributed by atoms with Crippen molar-refractivity contribution in [3.8, 4) is 0 Å². The molecule has 226 valence electrons. The monoisotopic (exact) mass is 594 g/mol. The van der Waals surface area contributed by atoms with Crippen LogP contribution in [0.2, 0.25) is 0 Å². The van der Waals surface area contributed by atoms with Crippen molar-refractivity contribution in [2.75, 3.05) is 18.5 Å². The van der Waals surface area contributed by atoms with Crippen LogP contribution in [-0.4, -0.2) is 66.9 Å². The van der Waals surface area contributed by atoms with E-state index in [-0.39, 0.29) is 31.5 Å². The van der Waals surface area contributed by atoms with E-state index in [4.69, 9.17) is 0 Å². The Morgan fingerprint density at radius 3 is 2.32 bits per heavy atom. The van der Waals surface area contributed by atoms with Gasteiger partial charge in [-0.3, -0.25) is 28.7 Å². The maximum absolute atomic E-state index is 14.4. The van der Waals surface area contributed by atoms with Gasteiger partial charge >= 0.3 is 18.2 Å². The zero-order chi connectivity index (χ0) is 30.4. The molecule has 0 bridgehead atoms. The highest BCUT2D eigenvalue weighted by atomic mass is 19.4. The van der Waals surface area contributed by atoms with Crippen LogP contribution in [0, 0.1) is 17.7 Å². The second kappa shape index (κ2) is 13.3. The van der Waals surface area contributed by atoms with Crippen LogP contribution in [0.15, 0.2) is 24.3 Å². The predicted octanol–water partition coefficient (Wildman–Crippen LogP) is 2.19. The van der Waals surface area contributed by atoms with Crippen LogP contribution in [0.3, 0.4) is 0 Å². The first-order valence-corrected chi connectivity index (χ1v) is 12.7. The molecule has 16 heteroatoms. The fourth-order valence-electron chi connectivity index (χ4n) is 4.72. The second-order valence-corrected chi connectivity index (χ2v) is 9.82.